The van der Waals surface area contributed by atoms with Crippen molar-refractivity contribution in [2.24, 2.45) is 0 Å². The molecular weight excluding hydrogens is 271 g/mol. The molecule has 0 saturated heterocycles. The van der Waals surface area contributed by atoms with Crippen LogP contribution in [-0.2, 0) is 0 Å². The number of nitriles is 1. The van der Waals surface area contributed by atoms with Crippen LogP contribution >= 0.6 is 23.2 Å². The van der Waals surface area contributed by atoms with Gasteiger partial charge in [-0.15, -0.1) is 0 Å². The average Bonchev–Trinajstić information content (AvgIpc) is 2.35. The molecule has 3 nitrogen and oxygen atoms in total. The van der Waals surface area contributed by atoms with Gasteiger partial charge in [0.1, 0.15) is 5.54 Å². The van der Waals surface area contributed by atoms with E-state index in [-0.39, 0.29) is 5.91 Å². The van der Waals surface area contributed by atoms with E-state index in [0.29, 0.717) is 28.5 Å². The number of nitrogens with one attached hydrogen (secondary N) is 1. The van der Waals surface area contributed by atoms with E-state index in [2.05, 4.69) is 11.4 Å². The van der Waals surface area contributed by atoms with Crippen molar-refractivity contribution < 1.29 is 4.79 Å². The van der Waals surface area contributed by atoms with Crippen molar-refractivity contribution in [1.82, 2.24) is 5.32 Å². The van der Waals surface area contributed by atoms with Crippen molar-refractivity contribution in [1.29, 1.82) is 5.26 Å². The van der Waals surface area contributed by atoms with Crippen LogP contribution in [0.25, 0.3) is 0 Å². The maximum absolute atomic E-state index is 12.1. The number of halogens is 2. The molecule has 0 aromatic heterocycles. The molecule has 0 fully saturated rings. The third-order valence-corrected chi connectivity index (χ3v) is 3.34. The second-order valence-electron chi connectivity index (χ2n) is 4.01. The first-order chi connectivity index (χ1) is 8.46. The molecular formula is C13H14Cl2N2O. The first-order valence-corrected chi connectivity index (χ1v) is 6.41. The largest absolute Gasteiger partial charge is 0.334 e. The number of carbonyl (C=O) groups is 1. The lowest BCUT2D eigenvalue weighted by Gasteiger charge is -2.24. The molecule has 0 radical (unpaired) electrons. The summed E-state index contributed by atoms with van der Waals surface area (Å²) in [5, 5.41) is 12.7. The molecule has 5 heteroatoms. The predicted molar refractivity (Wildman–Crippen MR) is 72.9 cm³/mol. The molecule has 0 unspecified atom stereocenters. The third kappa shape index (κ3) is 3.38. The molecule has 0 bridgehead atoms. The predicted octanol–water partition coefficient (Wildman–Crippen LogP) is 3.81. The molecule has 0 saturated carbocycles. The number of hydrogen-bond donors (Lipinski definition) is 1. The van der Waals surface area contributed by atoms with Gasteiger partial charge < -0.3 is 5.32 Å². The van der Waals surface area contributed by atoms with Crippen LogP contribution in [0.2, 0.25) is 10.0 Å². The van der Waals surface area contributed by atoms with Crippen molar-refractivity contribution in [2.75, 3.05) is 0 Å². The van der Waals surface area contributed by atoms with Crippen LogP contribution in [0.1, 0.15) is 37.0 Å². The van der Waals surface area contributed by atoms with Crippen LogP contribution in [0.15, 0.2) is 18.2 Å². The molecule has 18 heavy (non-hydrogen) atoms. The Bertz CT molecular complexity index is 470. The third-order valence-electron chi connectivity index (χ3n) is 2.90. The molecule has 1 aromatic carbocycles. The standard InChI is InChI=1S/C13H14Cl2N2O/c1-3-13(4-2,8-16)17-12(18)9-5-10(14)7-11(15)6-9/h5-7H,3-4H2,1-2H3,(H,17,18). The van der Waals surface area contributed by atoms with Crippen LogP contribution in [0.5, 0.6) is 0 Å². The summed E-state index contributed by atoms with van der Waals surface area (Å²) in [5.74, 6) is -0.343. The summed E-state index contributed by atoms with van der Waals surface area (Å²) < 4.78 is 0. The Labute approximate surface area is 117 Å². The maximum Gasteiger partial charge on any atom is 0.252 e. The highest BCUT2D eigenvalue weighted by molar-refractivity contribution is 6.35. The zero-order valence-corrected chi connectivity index (χ0v) is 11.8. The Morgan fingerprint density at radius 1 is 1.28 bits per heavy atom. The summed E-state index contributed by atoms with van der Waals surface area (Å²) >= 11 is 11.7. The lowest BCUT2D eigenvalue weighted by Crippen LogP contribution is -2.46. The molecule has 1 rings (SSSR count). The van der Waals surface area contributed by atoms with Gasteiger partial charge in [-0.3, -0.25) is 4.79 Å². The van der Waals surface area contributed by atoms with Gasteiger partial charge in [0.05, 0.1) is 6.07 Å². The Balaban J connectivity index is 2.98. The van der Waals surface area contributed by atoms with Crippen LogP contribution in [-0.4, -0.2) is 11.4 Å². The topological polar surface area (TPSA) is 52.9 Å². The van der Waals surface area contributed by atoms with Gasteiger partial charge in [-0.25, -0.2) is 0 Å². The first-order valence-electron chi connectivity index (χ1n) is 5.66. The Kier molecular flexibility index (Phi) is 5.01. The molecule has 0 spiro atoms. The van der Waals surface area contributed by atoms with Crippen LogP contribution in [0.4, 0.5) is 0 Å². The van der Waals surface area contributed by atoms with E-state index in [0.717, 1.165) is 0 Å². The van der Waals surface area contributed by atoms with Crippen LogP contribution in [0.3, 0.4) is 0 Å². The second kappa shape index (κ2) is 6.08. The van der Waals surface area contributed by atoms with E-state index in [1.807, 2.05) is 13.8 Å². The number of benzene rings is 1. The van der Waals surface area contributed by atoms with Crippen molar-refractivity contribution in [2.45, 2.75) is 32.2 Å². The fourth-order valence-electron chi connectivity index (χ4n) is 1.59. The monoisotopic (exact) mass is 284 g/mol. The lowest BCUT2D eigenvalue weighted by molar-refractivity contribution is 0.0915. The highest BCUT2D eigenvalue weighted by atomic mass is 35.5. The van der Waals surface area contributed by atoms with Crippen molar-refractivity contribution in [3.8, 4) is 6.07 Å². The molecule has 1 amide bonds. The van der Waals surface area contributed by atoms with E-state index in [1.54, 1.807) is 6.07 Å². The van der Waals surface area contributed by atoms with Crippen LogP contribution < -0.4 is 5.32 Å². The second-order valence-corrected chi connectivity index (χ2v) is 4.89. The summed E-state index contributed by atoms with van der Waals surface area (Å²) in [6, 6.07) is 6.75. The lowest BCUT2D eigenvalue weighted by atomic mass is 9.94. The molecule has 1 aromatic rings. The van der Waals surface area contributed by atoms with Crippen molar-refractivity contribution >= 4 is 29.1 Å². The Hall–Kier alpha value is -1.24. The van der Waals surface area contributed by atoms with E-state index < -0.39 is 5.54 Å². The van der Waals surface area contributed by atoms with Crippen LogP contribution in [0, 0.1) is 11.3 Å². The Morgan fingerprint density at radius 2 is 1.78 bits per heavy atom. The highest BCUT2D eigenvalue weighted by Gasteiger charge is 2.28. The average molecular weight is 285 g/mol. The van der Waals surface area contributed by atoms with Gasteiger partial charge >= 0.3 is 0 Å². The molecule has 0 aliphatic heterocycles. The van der Waals surface area contributed by atoms with Gasteiger partial charge in [-0.05, 0) is 31.0 Å². The maximum atomic E-state index is 12.1. The minimum atomic E-state index is -0.841. The number of carbonyl (C=O) groups excluding carboxylic acids is 1. The molecule has 96 valence electrons. The number of nitrogens with zero attached hydrogens (tertiary/aromatic N) is 1. The van der Waals surface area contributed by atoms with Crippen molar-refractivity contribution in [3.05, 3.63) is 33.8 Å². The van der Waals surface area contributed by atoms with Gasteiger partial charge in [0.25, 0.3) is 5.91 Å². The quantitative estimate of drug-likeness (QED) is 0.914. The highest BCUT2D eigenvalue weighted by Crippen LogP contribution is 2.20. The van der Waals surface area contributed by atoms with Gasteiger partial charge in [0.2, 0.25) is 0 Å². The minimum Gasteiger partial charge on any atom is -0.334 e. The molecule has 0 aliphatic carbocycles. The van der Waals surface area contributed by atoms with Gasteiger partial charge in [0.15, 0.2) is 0 Å². The molecule has 0 heterocycles. The van der Waals surface area contributed by atoms with E-state index in [9.17, 15) is 4.79 Å². The SMILES string of the molecule is CCC(C#N)(CC)NC(=O)c1cc(Cl)cc(Cl)c1. The summed E-state index contributed by atoms with van der Waals surface area (Å²) in [6.45, 7) is 3.72. The fourth-order valence-corrected chi connectivity index (χ4v) is 2.11. The summed E-state index contributed by atoms with van der Waals surface area (Å²) in [5.41, 5.74) is -0.486. The smallest absolute Gasteiger partial charge is 0.252 e. The van der Waals surface area contributed by atoms with E-state index in [1.165, 1.54) is 12.1 Å². The zero-order valence-electron chi connectivity index (χ0n) is 10.3. The van der Waals surface area contributed by atoms with E-state index in [4.69, 9.17) is 28.5 Å². The molecule has 0 atom stereocenters. The van der Waals surface area contributed by atoms with Gasteiger partial charge in [-0.1, -0.05) is 37.0 Å². The normalized spacial score (nSPS) is 10.8. The van der Waals surface area contributed by atoms with E-state index >= 15 is 0 Å². The fraction of sp³-hybridized carbons (Fsp3) is 0.385. The summed E-state index contributed by atoms with van der Waals surface area (Å²) in [4.78, 5) is 12.1. The number of hydrogen-bond acceptors (Lipinski definition) is 2. The Morgan fingerprint density at radius 3 is 2.17 bits per heavy atom. The van der Waals surface area contributed by atoms with Gasteiger partial charge in [-0.2, -0.15) is 5.26 Å². The molecule has 1 N–H and O–H groups in total. The number of amides is 1. The summed E-state index contributed by atoms with van der Waals surface area (Å²) in [6.07, 6.45) is 1.08. The van der Waals surface area contributed by atoms with Gasteiger partial charge in [0, 0.05) is 15.6 Å². The minimum absolute atomic E-state index is 0.343. The summed E-state index contributed by atoms with van der Waals surface area (Å²) in [7, 11) is 0. The van der Waals surface area contributed by atoms with Crippen molar-refractivity contribution in [3.63, 3.8) is 0 Å². The zero-order chi connectivity index (χ0) is 13.8. The first kappa shape index (κ1) is 14.8. The molecule has 0 aliphatic rings. The number of rotatable bonds is 4.